The van der Waals surface area contributed by atoms with Gasteiger partial charge >= 0.3 is 11.8 Å². The average Bonchev–Trinajstić information content (AvgIpc) is 2.60. The zero-order valence-electron chi connectivity index (χ0n) is 14.4. The molecule has 0 aromatic heterocycles. The Hall–Kier alpha value is -1.93. The van der Waals surface area contributed by atoms with E-state index in [0.717, 1.165) is 31.2 Å². The van der Waals surface area contributed by atoms with Crippen LogP contribution in [0.15, 0.2) is 29.2 Å². The van der Waals surface area contributed by atoms with E-state index >= 15 is 0 Å². The second-order valence-electron chi connectivity index (χ2n) is 6.25. The lowest BCUT2D eigenvalue weighted by Crippen LogP contribution is -2.50. The Morgan fingerprint density at radius 2 is 1.92 bits per heavy atom. The summed E-state index contributed by atoms with van der Waals surface area (Å²) in [6, 6.07) is 6.29. The number of amides is 2. The number of benzene rings is 1. The summed E-state index contributed by atoms with van der Waals surface area (Å²) < 4.78 is 22.4. The molecule has 1 unspecified atom stereocenters. The van der Waals surface area contributed by atoms with Crippen molar-refractivity contribution in [2.24, 2.45) is 5.14 Å². The first-order chi connectivity index (χ1) is 11.8. The maximum atomic E-state index is 12.3. The van der Waals surface area contributed by atoms with E-state index in [0.29, 0.717) is 19.5 Å². The van der Waals surface area contributed by atoms with Gasteiger partial charge in [0, 0.05) is 19.1 Å². The minimum absolute atomic E-state index is 0.0474. The van der Waals surface area contributed by atoms with Gasteiger partial charge in [0.25, 0.3) is 0 Å². The Kier molecular flexibility index (Phi) is 6.55. The van der Waals surface area contributed by atoms with Crippen LogP contribution in [0.2, 0.25) is 0 Å². The molecule has 0 radical (unpaired) electrons. The summed E-state index contributed by atoms with van der Waals surface area (Å²) in [5, 5.41) is 7.69. The van der Waals surface area contributed by atoms with Gasteiger partial charge in [0.05, 0.1) is 4.90 Å². The van der Waals surface area contributed by atoms with Crippen LogP contribution < -0.4 is 10.5 Å². The molecule has 0 spiro atoms. The van der Waals surface area contributed by atoms with E-state index in [-0.39, 0.29) is 10.9 Å². The normalized spacial score (nSPS) is 18.0. The average molecular weight is 367 g/mol. The number of primary sulfonamides is 1. The summed E-state index contributed by atoms with van der Waals surface area (Å²) in [5.41, 5.74) is 0.851. The van der Waals surface area contributed by atoms with Crippen LogP contribution in [0.5, 0.6) is 0 Å². The van der Waals surface area contributed by atoms with E-state index in [9.17, 15) is 18.0 Å². The first kappa shape index (κ1) is 19.4. The number of piperidine rings is 1. The minimum atomic E-state index is -3.70. The van der Waals surface area contributed by atoms with Crippen molar-refractivity contribution < 1.29 is 18.0 Å². The third-order valence-corrected chi connectivity index (χ3v) is 5.43. The monoisotopic (exact) mass is 367 g/mol. The topological polar surface area (TPSA) is 110 Å². The summed E-state index contributed by atoms with van der Waals surface area (Å²) in [4.78, 5) is 26.1. The molecule has 138 valence electrons. The van der Waals surface area contributed by atoms with Gasteiger partial charge in [-0.3, -0.25) is 9.59 Å². The highest BCUT2D eigenvalue weighted by Crippen LogP contribution is 2.19. The van der Waals surface area contributed by atoms with Crippen molar-refractivity contribution in [3.63, 3.8) is 0 Å². The zero-order chi connectivity index (χ0) is 18.4. The number of nitrogens with one attached hydrogen (secondary N) is 1. The molecule has 1 aromatic carbocycles. The van der Waals surface area contributed by atoms with Gasteiger partial charge in [-0.15, -0.1) is 0 Å². The van der Waals surface area contributed by atoms with Crippen molar-refractivity contribution in [3.8, 4) is 0 Å². The van der Waals surface area contributed by atoms with E-state index in [1.807, 2.05) is 6.92 Å². The largest absolute Gasteiger partial charge is 0.347 e. The fourth-order valence-electron chi connectivity index (χ4n) is 3.06. The second kappa shape index (κ2) is 8.44. The number of rotatable bonds is 5. The first-order valence-corrected chi connectivity index (χ1v) is 10.1. The molecule has 2 amide bonds. The number of hydrogen-bond acceptors (Lipinski definition) is 4. The number of sulfonamides is 1. The fourth-order valence-corrected chi connectivity index (χ4v) is 3.58. The molecule has 1 saturated heterocycles. The van der Waals surface area contributed by atoms with Crippen molar-refractivity contribution >= 4 is 21.8 Å². The highest BCUT2D eigenvalue weighted by atomic mass is 32.2. The summed E-state index contributed by atoms with van der Waals surface area (Å²) in [6.07, 6.45) is 4.34. The molecule has 1 aliphatic heterocycles. The summed E-state index contributed by atoms with van der Waals surface area (Å²) in [6.45, 7) is 2.98. The third kappa shape index (κ3) is 5.27. The lowest BCUT2D eigenvalue weighted by atomic mass is 10.00. The van der Waals surface area contributed by atoms with E-state index in [1.165, 1.54) is 12.1 Å². The van der Waals surface area contributed by atoms with Crippen LogP contribution in [0.3, 0.4) is 0 Å². The predicted molar refractivity (Wildman–Crippen MR) is 94.2 cm³/mol. The SMILES string of the molecule is CCC1CCCCN1C(=O)C(=O)NCCc1ccc(S(N)(=O)=O)cc1. The van der Waals surface area contributed by atoms with Crippen LogP contribution in [-0.2, 0) is 26.0 Å². The van der Waals surface area contributed by atoms with Crippen molar-refractivity contribution in [1.29, 1.82) is 0 Å². The molecular formula is C17H25N3O4S. The Labute approximate surface area is 148 Å². The van der Waals surface area contributed by atoms with Crippen molar-refractivity contribution in [3.05, 3.63) is 29.8 Å². The van der Waals surface area contributed by atoms with Gasteiger partial charge in [-0.05, 0) is 49.8 Å². The first-order valence-electron chi connectivity index (χ1n) is 8.53. The van der Waals surface area contributed by atoms with Crippen molar-refractivity contribution in [2.45, 2.75) is 50.0 Å². The van der Waals surface area contributed by atoms with Crippen LogP contribution in [0, 0.1) is 0 Å². The van der Waals surface area contributed by atoms with E-state index in [1.54, 1.807) is 17.0 Å². The molecule has 8 heteroatoms. The molecule has 1 heterocycles. The Morgan fingerprint density at radius 3 is 2.52 bits per heavy atom. The van der Waals surface area contributed by atoms with Crippen molar-refractivity contribution in [2.75, 3.05) is 13.1 Å². The molecule has 1 aromatic rings. The van der Waals surface area contributed by atoms with Crippen LogP contribution in [0.4, 0.5) is 0 Å². The molecule has 25 heavy (non-hydrogen) atoms. The maximum Gasteiger partial charge on any atom is 0.312 e. The molecule has 7 nitrogen and oxygen atoms in total. The number of carbonyl (C=O) groups excluding carboxylic acids is 2. The minimum Gasteiger partial charge on any atom is -0.347 e. The zero-order valence-corrected chi connectivity index (χ0v) is 15.2. The molecule has 1 aliphatic rings. The summed E-state index contributed by atoms with van der Waals surface area (Å²) in [7, 11) is -3.70. The molecule has 1 atom stereocenters. The van der Waals surface area contributed by atoms with Gasteiger partial charge < -0.3 is 10.2 Å². The molecular weight excluding hydrogens is 342 g/mol. The molecule has 2 rings (SSSR count). The van der Waals surface area contributed by atoms with Crippen molar-refractivity contribution in [1.82, 2.24) is 10.2 Å². The molecule has 0 bridgehead atoms. The molecule has 0 aliphatic carbocycles. The number of carbonyl (C=O) groups is 2. The lowest BCUT2D eigenvalue weighted by molar-refractivity contribution is -0.148. The third-order valence-electron chi connectivity index (χ3n) is 4.50. The highest BCUT2D eigenvalue weighted by molar-refractivity contribution is 7.89. The Bertz CT molecular complexity index is 716. The van der Waals surface area contributed by atoms with Gasteiger partial charge in [0.2, 0.25) is 10.0 Å². The molecule has 0 saturated carbocycles. The number of nitrogens with zero attached hydrogens (tertiary/aromatic N) is 1. The van der Waals surface area contributed by atoms with Gasteiger partial charge in [-0.2, -0.15) is 0 Å². The second-order valence-corrected chi connectivity index (χ2v) is 7.81. The van der Waals surface area contributed by atoms with E-state index in [2.05, 4.69) is 5.32 Å². The molecule has 3 N–H and O–H groups in total. The smallest absolute Gasteiger partial charge is 0.312 e. The predicted octanol–water partition coefficient (Wildman–Crippen LogP) is 0.784. The van der Waals surface area contributed by atoms with Gasteiger partial charge in [0.1, 0.15) is 0 Å². The van der Waals surface area contributed by atoms with Gasteiger partial charge in [-0.25, -0.2) is 13.6 Å². The van der Waals surface area contributed by atoms with E-state index in [4.69, 9.17) is 5.14 Å². The summed E-state index contributed by atoms with van der Waals surface area (Å²) >= 11 is 0. The van der Waals surface area contributed by atoms with Crippen LogP contribution in [-0.4, -0.2) is 44.3 Å². The highest BCUT2D eigenvalue weighted by Gasteiger charge is 2.29. The Morgan fingerprint density at radius 1 is 1.24 bits per heavy atom. The number of hydrogen-bond donors (Lipinski definition) is 2. The lowest BCUT2D eigenvalue weighted by Gasteiger charge is -2.34. The Balaban J connectivity index is 1.84. The number of likely N-dealkylation sites (tertiary alicyclic amines) is 1. The van der Waals surface area contributed by atoms with Crippen LogP contribution in [0.25, 0.3) is 0 Å². The number of nitrogens with two attached hydrogens (primary N) is 1. The maximum absolute atomic E-state index is 12.3. The fraction of sp³-hybridized carbons (Fsp3) is 0.529. The van der Waals surface area contributed by atoms with Gasteiger partial charge in [-0.1, -0.05) is 19.1 Å². The molecule has 1 fully saturated rings. The quantitative estimate of drug-likeness (QED) is 0.750. The van der Waals surface area contributed by atoms with Gasteiger partial charge in [0.15, 0.2) is 0 Å². The standard InChI is InChI=1S/C17H25N3O4S/c1-2-14-5-3-4-12-20(14)17(22)16(21)19-11-10-13-6-8-15(9-7-13)25(18,23)24/h6-9,14H,2-5,10-12H2,1H3,(H,19,21)(H2,18,23,24). The van der Waals surface area contributed by atoms with E-state index < -0.39 is 21.8 Å². The van der Waals surface area contributed by atoms with Crippen LogP contribution >= 0.6 is 0 Å². The summed E-state index contributed by atoms with van der Waals surface area (Å²) in [5.74, 6) is -1.04. The van der Waals surface area contributed by atoms with Crippen LogP contribution in [0.1, 0.15) is 38.2 Å².